The number of hydrogen-bond donors (Lipinski definition) is 2. The van der Waals surface area contributed by atoms with Gasteiger partial charge in [-0.2, -0.15) is 5.26 Å². The molecule has 178 valence electrons. The molecule has 1 atom stereocenters. The van der Waals surface area contributed by atoms with Gasteiger partial charge in [0.2, 0.25) is 5.91 Å². The molecule has 2 aliphatic heterocycles. The second kappa shape index (κ2) is 11.0. The zero-order chi connectivity index (χ0) is 23.1. The van der Waals surface area contributed by atoms with Crippen LogP contribution in [0.15, 0.2) is 30.3 Å². The van der Waals surface area contributed by atoms with Crippen LogP contribution in [0.1, 0.15) is 44.1 Å². The molecule has 8 heteroatoms. The first-order valence-corrected chi connectivity index (χ1v) is 12.2. The third-order valence-electron chi connectivity index (χ3n) is 7.02. The van der Waals surface area contributed by atoms with E-state index in [0.29, 0.717) is 51.7 Å². The molecule has 3 fully saturated rings. The summed E-state index contributed by atoms with van der Waals surface area (Å²) >= 11 is 0. The summed E-state index contributed by atoms with van der Waals surface area (Å²) in [5.41, 5.74) is 0.281. The lowest BCUT2D eigenvalue weighted by Crippen LogP contribution is -2.71. The van der Waals surface area contributed by atoms with Crippen LogP contribution in [0, 0.1) is 17.2 Å². The molecule has 2 N–H and O–H groups in total. The quantitative estimate of drug-likeness (QED) is 0.660. The Bertz CT molecular complexity index is 837. The molecule has 1 aliphatic carbocycles. The highest BCUT2D eigenvalue weighted by molar-refractivity contribution is 5.88. The second-order valence-electron chi connectivity index (χ2n) is 9.66. The Morgan fingerprint density at radius 1 is 1.12 bits per heavy atom. The highest BCUT2D eigenvalue weighted by atomic mass is 16.5. The van der Waals surface area contributed by atoms with Crippen molar-refractivity contribution in [3.05, 3.63) is 35.9 Å². The van der Waals surface area contributed by atoms with Gasteiger partial charge in [-0.1, -0.05) is 62.4 Å². The number of ether oxygens (including phenoxy) is 1. The van der Waals surface area contributed by atoms with E-state index >= 15 is 0 Å². The molecule has 1 aromatic rings. The van der Waals surface area contributed by atoms with Gasteiger partial charge in [-0.25, -0.2) is 4.79 Å². The van der Waals surface area contributed by atoms with E-state index in [-0.39, 0.29) is 11.9 Å². The standard InChI is InChI=1S/C25H35N5O3/c26-17-25(18-29(19-25)16-21-9-5-2-6-10-21)28-23(31)22(15-20-7-3-1-4-8-20)27-24(32)30-11-13-33-14-12-30/h2,5-6,9-10,20,22H,1,3-4,7-8,11-16,18-19H2,(H,27,32)(H,28,31). The van der Waals surface area contributed by atoms with Crippen LogP contribution in [0.5, 0.6) is 0 Å². The Balaban J connectivity index is 1.36. The molecule has 33 heavy (non-hydrogen) atoms. The summed E-state index contributed by atoms with van der Waals surface area (Å²) in [5.74, 6) is 0.177. The van der Waals surface area contributed by atoms with Crippen LogP contribution in [0.25, 0.3) is 0 Å². The lowest BCUT2D eigenvalue weighted by molar-refractivity contribution is -0.126. The number of benzene rings is 1. The maximum atomic E-state index is 13.3. The van der Waals surface area contributed by atoms with Crippen molar-refractivity contribution >= 4 is 11.9 Å². The molecule has 0 radical (unpaired) electrons. The first kappa shape index (κ1) is 23.5. The van der Waals surface area contributed by atoms with Gasteiger partial charge in [-0.3, -0.25) is 9.69 Å². The van der Waals surface area contributed by atoms with Crippen molar-refractivity contribution < 1.29 is 14.3 Å². The summed E-state index contributed by atoms with van der Waals surface area (Å²) in [6.07, 6.45) is 6.39. The molecule has 4 rings (SSSR count). The van der Waals surface area contributed by atoms with E-state index in [9.17, 15) is 14.9 Å². The Morgan fingerprint density at radius 2 is 1.82 bits per heavy atom. The number of likely N-dealkylation sites (tertiary alicyclic amines) is 1. The fourth-order valence-corrected chi connectivity index (χ4v) is 5.17. The lowest BCUT2D eigenvalue weighted by atomic mass is 9.84. The lowest BCUT2D eigenvalue weighted by Gasteiger charge is -2.46. The van der Waals surface area contributed by atoms with Gasteiger partial charge in [0.1, 0.15) is 6.04 Å². The number of nitrogens with one attached hydrogen (secondary N) is 2. The van der Waals surface area contributed by atoms with Gasteiger partial charge in [0, 0.05) is 32.7 Å². The van der Waals surface area contributed by atoms with Crippen molar-refractivity contribution in [3.63, 3.8) is 0 Å². The summed E-state index contributed by atoms with van der Waals surface area (Å²) in [7, 11) is 0. The highest BCUT2D eigenvalue weighted by Crippen LogP contribution is 2.28. The predicted molar refractivity (Wildman–Crippen MR) is 124 cm³/mol. The molecule has 3 amide bonds. The number of carbonyl (C=O) groups is 2. The van der Waals surface area contributed by atoms with Crippen LogP contribution in [0.4, 0.5) is 4.79 Å². The molecule has 2 heterocycles. The van der Waals surface area contributed by atoms with Crippen molar-refractivity contribution in [1.29, 1.82) is 5.26 Å². The minimum absolute atomic E-state index is 0.223. The number of carbonyl (C=O) groups excluding carboxylic acids is 2. The molecule has 2 saturated heterocycles. The van der Waals surface area contributed by atoms with Crippen LogP contribution in [-0.4, -0.2) is 72.7 Å². The molecule has 8 nitrogen and oxygen atoms in total. The summed E-state index contributed by atoms with van der Waals surface area (Å²) in [5, 5.41) is 15.8. The van der Waals surface area contributed by atoms with Crippen LogP contribution in [0.3, 0.4) is 0 Å². The highest BCUT2D eigenvalue weighted by Gasteiger charge is 2.45. The minimum atomic E-state index is -0.902. The average Bonchev–Trinajstić information content (AvgIpc) is 2.83. The van der Waals surface area contributed by atoms with Crippen molar-refractivity contribution in [2.45, 2.75) is 56.7 Å². The molecule has 0 aromatic heterocycles. The summed E-state index contributed by atoms with van der Waals surface area (Å²) in [6, 6.07) is 11.6. The summed E-state index contributed by atoms with van der Waals surface area (Å²) in [6.45, 7) is 3.80. The third kappa shape index (κ3) is 6.24. The topological polar surface area (TPSA) is 97.7 Å². The smallest absolute Gasteiger partial charge is 0.318 e. The van der Waals surface area contributed by atoms with E-state index in [1.807, 2.05) is 18.2 Å². The number of morpholine rings is 1. The fourth-order valence-electron chi connectivity index (χ4n) is 5.17. The van der Waals surface area contributed by atoms with Crippen molar-refractivity contribution in [2.24, 2.45) is 5.92 Å². The number of nitrogens with zero attached hydrogens (tertiary/aromatic N) is 3. The van der Waals surface area contributed by atoms with E-state index in [0.717, 1.165) is 19.4 Å². The Kier molecular flexibility index (Phi) is 7.84. The molecule has 1 saturated carbocycles. The van der Waals surface area contributed by atoms with E-state index < -0.39 is 11.6 Å². The van der Waals surface area contributed by atoms with Crippen molar-refractivity contribution in [3.8, 4) is 6.07 Å². The maximum absolute atomic E-state index is 13.3. The molecule has 0 spiro atoms. The van der Waals surface area contributed by atoms with Crippen LogP contribution in [0.2, 0.25) is 0 Å². The Morgan fingerprint density at radius 3 is 2.48 bits per heavy atom. The number of urea groups is 1. The van der Waals surface area contributed by atoms with Gasteiger partial charge >= 0.3 is 6.03 Å². The van der Waals surface area contributed by atoms with Crippen LogP contribution < -0.4 is 10.6 Å². The average molecular weight is 454 g/mol. The number of nitriles is 1. The molecule has 0 bridgehead atoms. The third-order valence-corrected chi connectivity index (χ3v) is 7.02. The van der Waals surface area contributed by atoms with E-state index in [1.165, 1.54) is 24.8 Å². The number of hydrogen-bond acceptors (Lipinski definition) is 5. The Hall–Kier alpha value is -2.63. The molecule has 3 aliphatic rings. The van der Waals surface area contributed by atoms with Gasteiger partial charge in [0.05, 0.1) is 19.3 Å². The largest absolute Gasteiger partial charge is 0.378 e. The molecular weight excluding hydrogens is 418 g/mol. The van der Waals surface area contributed by atoms with E-state index in [2.05, 4.69) is 33.7 Å². The number of amides is 3. The summed E-state index contributed by atoms with van der Waals surface area (Å²) < 4.78 is 5.34. The fraction of sp³-hybridized carbons (Fsp3) is 0.640. The van der Waals surface area contributed by atoms with Gasteiger partial charge < -0.3 is 20.3 Å². The first-order valence-electron chi connectivity index (χ1n) is 12.2. The predicted octanol–water partition coefficient (Wildman–Crippen LogP) is 2.26. The van der Waals surface area contributed by atoms with Gasteiger partial charge in [0.15, 0.2) is 5.54 Å². The monoisotopic (exact) mass is 453 g/mol. The van der Waals surface area contributed by atoms with E-state index in [1.54, 1.807) is 4.90 Å². The Labute approximate surface area is 196 Å². The van der Waals surface area contributed by atoms with Crippen LogP contribution >= 0.6 is 0 Å². The first-order chi connectivity index (χ1) is 16.1. The molecular formula is C25H35N5O3. The maximum Gasteiger partial charge on any atom is 0.318 e. The molecule has 1 unspecified atom stereocenters. The normalized spacial score (nSPS) is 22.0. The second-order valence-corrected chi connectivity index (χ2v) is 9.66. The molecule has 1 aromatic carbocycles. The SMILES string of the molecule is N#CC1(NC(=O)C(CC2CCCCC2)NC(=O)N2CCOCC2)CN(Cc2ccccc2)C1. The summed E-state index contributed by atoms with van der Waals surface area (Å²) in [4.78, 5) is 30.0. The van der Waals surface area contributed by atoms with E-state index in [4.69, 9.17) is 4.74 Å². The zero-order valence-corrected chi connectivity index (χ0v) is 19.3. The van der Waals surface area contributed by atoms with Gasteiger partial charge in [-0.15, -0.1) is 0 Å². The zero-order valence-electron chi connectivity index (χ0n) is 19.3. The van der Waals surface area contributed by atoms with Gasteiger partial charge in [-0.05, 0) is 17.9 Å². The van der Waals surface area contributed by atoms with Gasteiger partial charge in [0.25, 0.3) is 0 Å². The number of rotatable bonds is 7. The van der Waals surface area contributed by atoms with Crippen molar-refractivity contribution in [1.82, 2.24) is 20.4 Å². The van der Waals surface area contributed by atoms with Crippen molar-refractivity contribution in [2.75, 3.05) is 39.4 Å². The van der Waals surface area contributed by atoms with Crippen LogP contribution in [-0.2, 0) is 16.1 Å². The minimum Gasteiger partial charge on any atom is -0.378 e.